The van der Waals surface area contributed by atoms with Crippen molar-refractivity contribution < 1.29 is 19.3 Å². The number of ether oxygens (including phenoxy) is 3. The number of fused-ring (bicyclic) bond motifs is 3. The van der Waals surface area contributed by atoms with Crippen molar-refractivity contribution in [3.05, 3.63) is 56.7 Å². The Labute approximate surface area is 168 Å². The first-order chi connectivity index (χ1) is 14.5. The molecule has 0 radical (unpaired) electrons. The van der Waals surface area contributed by atoms with Crippen LogP contribution in [0.15, 0.2) is 45.0 Å². The highest BCUT2D eigenvalue weighted by Crippen LogP contribution is 2.36. The molecule has 30 heavy (non-hydrogen) atoms. The summed E-state index contributed by atoms with van der Waals surface area (Å²) in [7, 11) is 4.32. The summed E-state index contributed by atoms with van der Waals surface area (Å²) in [5.41, 5.74) is 0.389. The van der Waals surface area contributed by atoms with Gasteiger partial charge in [0.05, 0.1) is 33.1 Å². The fraction of sp³-hybridized carbons (Fsp3) is 0.150. The first-order valence-corrected chi connectivity index (χ1v) is 8.81. The van der Waals surface area contributed by atoms with Crippen molar-refractivity contribution in [2.45, 2.75) is 0 Å². The number of hydrogen-bond acceptors (Lipinski definition) is 7. The number of aromatic hydroxyl groups is 1. The topological polar surface area (TPSA) is 131 Å². The van der Waals surface area contributed by atoms with Crippen LogP contribution in [0.25, 0.3) is 21.9 Å². The van der Waals surface area contributed by atoms with Gasteiger partial charge < -0.3 is 29.3 Å². The van der Waals surface area contributed by atoms with E-state index < -0.39 is 11.2 Å². The number of phenolic OH excluding ortho intramolecular Hbond substituents is 1. The molecule has 2 aromatic carbocycles. The number of hydrogen-bond donors (Lipinski definition) is 3. The third-order valence-corrected chi connectivity index (χ3v) is 4.66. The summed E-state index contributed by atoms with van der Waals surface area (Å²) >= 11 is 0. The molecule has 10 nitrogen and oxygen atoms in total. The summed E-state index contributed by atoms with van der Waals surface area (Å²) in [6.07, 6.45) is 1.29. The van der Waals surface area contributed by atoms with E-state index in [1.54, 1.807) is 18.2 Å². The molecule has 0 atom stereocenters. The van der Waals surface area contributed by atoms with E-state index in [1.165, 1.54) is 39.7 Å². The van der Waals surface area contributed by atoms with Crippen LogP contribution in [0.5, 0.6) is 23.0 Å². The first-order valence-electron chi connectivity index (χ1n) is 8.81. The van der Waals surface area contributed by atoms with Gasteiger partial charge in [0.25, 0.3) is 0 Å². The maximum Gasteiger partial charge on any atom is 0.350 e. The minimum Gasteiger partial charge on any atom is -0.502 e. The van der Waals surface area contributed by atoms with Crippen LogP contribution in [0.2, 0.25) is 0 Å². The lowest BCUT2D eigenvalue weighted by atomic mass is 10.2. The van der Waals surface area contributed by atoms with Crippen LogP contribution < -0.4 is 25.5 Å². The van der Waals surface area contributed by atoms with Gasteiger partial charge in [-0.15, -0.1) is 4.68 Å². The van der Waals surface area contributed by atoms with E-state index in [2.05, 4.69) is 15.1 Å². The van der Waals surface area contributed by atoms with Gasteiger partial charge in [-0.2, -0.15) is 5.10 Å². The van der Waals surface area contributed by atoms with Crippen molar-refractivity contribution in [2.75, 3.05) is 21.3 Å². The lowest BCUT2D eigenvalue weighted by molar-refractivity contribution is 0.340. The van der Waals surface area contributed by atoms with Gasteiger partial charge in [0.2, 0.25) is 5.75 Å². The van der Waals surface area contributed by atoms with Gasteiger partial charge in [-0.1, -0.05) is 0 Å². The first kappa shape index (κ1) is 19.1. The molecule has 4 aromatic rings. The van der Waals surface area contributed by atoms with E-state index in [1.807, 2.05) is 0 Å². The smallest absolute Gasteiger partial charge is 0.350 e. The third-order valence-electron chi connectivity index (χ3n) is 4.66. The van der Waals surface area contributed by atoms with Gasteiger partial charge in [0.15, 0.2) is 11.5 Å². The number of aromatic nitrogens is 3. The van der Waals surface area contributed by atoms with Crippen LogP contribution in [0.4, 0.5) is 0 Å². The maximum atomic E-state index is 12.9. The second-order valence-electron chi connectivity index (χ2n) is 6.35. The van der Waals surface area contributed by atoms with Crippen LogP contribution in [0.3, 0.4) is 0 Å². The lowest BCUT2D eigenvalue weighted by Gasteiger charge is -2.09. The number of benzene rings is 2. The van der Waals surface area contributed by atoms with Crippen molar-refractivity contribution in [3.8, 4) is 23.0 Å². The third kappa shape index (κ3) is 3.04. The molecule has 0 fully saturated rings. The van der Waals surface area contributed by atoms with Gasteiger partial charge in [0.1, 0.15) is 11.3 Å². The molecule has 10 heteroatoms. The normalized spacial score (nSPS) is 11.4. The lowest BCUT2D eigenvalue weighted by Crippen LogP contribution is -2.32. The molecule has 0 bridgehead atoms. The minimum atomic E-state index is -0.704. The largest absolute Gasteiger partial charge is 0.502 e. The average Bonchev–Trinajstić information content (AvgIpc) is 3.12. The van der Waals surface area contributed by atoms with Crippen molar-refractivity contribution in [3.63, 3.8) is 0 Å². The highest BCUT2D eigenvalue weighted by Gasteiger charge is 2.14. The second-order valence-corrected chi connectivity index (χ2v) is 6.35. The fourth-order valence-corrected chi connectivity index (χ4v) is 3.16. The van der Waals surface area contributed by atoms with Gasteiger partial charge in [-0.05, 0) is 30.3 Å². The maximum absolute atomic E-state index is 12.9. The van der Waals surface area contributed by atoms with E-state index in [4.69, 9.17) is 14.2 Å². The highest BCUT2D eigenvalue weighted by atomic mass is 16.5. The molecule has 0 saturated heterocycles. The Morgan fingerprint density at radius 3 is 2.30 bits per heavy atom. The molecule has 0 aliphatic heterocycles. The Hall–Kier alpha value is -4.21. The summed E-state index contributed by atoms with van der Waals surface area (Å²) in [6, 6.07) is 8.22. The number of aromatic amines is 2. The number of phenols is 1. The zero-order valence-corrected chi connectivity index (χ0v) is 16.3. The summed E-state index contributed by atoms with van der Waals surface area (Å²) < 4.78 is 16.1. The van der Waals surface area contributed by atoms with Crippen LogP contribution in [0, 0.1) is 0 Å². The molecule has 0 spiro atoms. The monoisotopic (exact) mass is 410 g/mol. The minimum absolute atomic E-state index is 0.164. The van der Waals surface area contributed by atoms with Crippen LogP contribution >= 0.6 is 0 Å². The molecule has 0 aliphatic rings. The van der Waals surface area contributed by atoms with Crippen molar-refractivity contribution in [1.82, 2.24) is 14.6 Å². The molecular weight excluding hydrogens is 392 g/mol. The van der Waals surface area contributed by atoms with E-state index in [0.717, 1.165) is 0 Å². The predicted molar refractivity (Wildman–Crippen MR) is 111 cm³/mol. The fourth-order valence-electron chi connectivity index (χ4n) is 3.16. The molecule has 2 aromatic heterocycles. The Bertz CT molecular complexity index is 1390. The summed E-state index contributed by atoms with van der Waals surface area (Å²) in [5.74, 6) is 0.762. The van der Waals surface area contributed by atoms with Crippen LogP contribution in [0.1, 0.15) is 5.56 Å². The van der Waals surface area contributed by atoms with Gasteiger partial charge in [-0.25, -0.2) is 4.79 Å². The Morgan fingerprint density at radius 2 is 1.67 bits per heavy atom. The number of rotatable bonds is 5. The van der Waals surface area contributed by atoms with Crippen LogP contribution in [-0.4, -0.2) is 47.3 Å². The quantitative estimate of drug-likeness (QED) is 0.430. The molecule has 0 unspecified atom stereocenters. The molecular formula is C20H18N4O6. The summed E-state index contributed by atoms with van der Waals surface area (Å²) in [6.45, 7) is 0. The van der Waals surface area contributed by atoms with Crippen LogP contribution in [-0.2, 0) is 0 Å². The standard InChI is InChI=1S/C20H18N4O6/c1-28-11-4-5-13-12(8-11)16-17(22-13)19(26)24(20(27)23-16)21-9-10-6-14(29-2)18(25)15(7-10)30-3/h4-9,22,25H,1-3H3,(H,23,27)/b21-9+. The molecule has 0 saturated carbocycles. The Balaban J connectivity index is 1.85. The summed E-state index contributed by atoms with van der Waals surface area (Å²) in [5, 5.41) is 14.7. The van der Waals surface area contributed by atoms with Gasteiger partial charge in [-0.3, -0.25) is 4.79 Å². The molecule has 0 amide bonds. The van der Waals surface area contributed by atoms with Crippen molar-refractivity contribution in [1.29, 1.82) is 0 Å². The number of methoxy groups -OCH3 is 3. The Kier molecular flexibility index (Phi) is 4.66. The zero-order valence-electron chi connectivity index (χ0n) is 16.3. The molecule has 3 N–H and O–H groups in total. The van der Waals surface area contributed by atoms with Gasteiger partial charge >= 0.3 is 11.2 Å². The van der Waals surface area contributed by atoms with Crippen molar-refractivity contribution >= 4 is 28.2 Å². The second kappa shape index (κ2) is 7.32. The van der Waals surface area contributed by atoms with E-state index in [9.17, 15) is 14.7 Å². The predicted octanol–water partition coefficient (Wildman–Crippen LogP) is 1.78. The SMILES string of the molecule is COc1ccc2[nH]c3c(=O)n(/N=C/c4cc(OC)c(O)c(OC)c4)c(=O)[nH]c3c2c1. The number of nitrogens with one attached hydrogen (secondary N) is 2. The molecule has 0 aliphatic carbocycles. The zero-order chi connectivity index (χ0) is 21.4. The highest BCUT2D eigenvalue weighted by molar-refractivity contribution is 6.04. The molecule has 4 rings (SSSR count). The number of H-pyrrole nitrogens is 2. The molecule has 154 valence electrons. The number of nitrogens with zero attached hydrogens (tertiary/aromatic N) is 2. The van der Waals surface area contributed by atoms with E-state index >= 15 is 0 Å². The van der Waals surface area contributed by atoms with Crippen molar-refractivity contribution in [2.24, 2.45) is 5.10 Å². The van der Waals surface area contributed by atoms with E-state index in [0.29, 0.717) is 32.4 Å². The average molecular weight is 410 g/mol. The summed E-state index contributed by atoms with van der Waals surface area (Å²) in [4.78, 5) is 31.1. The van der Waals surface area contributed by atoms with E-state index in [-0.39, 0.29) is 22.8 Å². The Morgan fingerprint density at radius 1 is 0.967 bits per heavy atom. The molecule has 2 heterocycles. The van der Waals surface area contributed by atoms with Gasteiger partial charge in [0, 0.05) is 16.5 Å².